The van der Waals surface area contributed by atoms with Crippen LogP contribution in [-0.2, 0) is 21.0 Å². The number of hydrogen-bond donors (Lipinski definition) is 2. The Morgan fingerprint density at radius 3 is 2.65 bits per heavy atom. The molecule has 2 fully saturated rings. The molecule has 2 saturated carbocycles. The van der Waals surface area contributed by atoms with Gasteiger partial charge in [0, 0.05) is 5.56 Å². The van der Waals surface area contributed by atoms with Crippen LogP contribution in [-0.4, -0.2) is 31.3 Å². The molecule has 0 aliphatic heterocycles. The second-order valence-electron chi connectivity index (χ2n) is 8.24. The van der Waals surface area contributed by atoms with E-state index >= 15 is 0 Å². The fraction of sp³-hybridized carbons (Fsp3) is 0.684. The molecule has 0 saturated heterocycles. The van der Waals surface area contributed by atoms with Gasteiger partial charge in [-0.2, -0.15) is 8.42 Å². The third-order valence-electron chi connectivity index (χ3n) is 7.20. The van der Waals surface area contributed by atoms with Crippen LogP contribution in [0, 0.1) is 17.3 Å². The quantitative estimate of drug-likeness (QED) is 0.778. The van der Waals surface area contributed by atoms with Crippen molar-refractivity contribution in [3.05, 3.63) is 23.3 Å². The predicted octanol–water partition coefficient (Wildman–Crippen LogP) is 3.44. The lowest BCUT2D eigenvalue weighted by atomic mass is 9.55. The fourth-order valence-electron chi connectivity index (χ4n) is 6.11. The molecule has 0 bridgehead atoms. The molecule has 0 aromatic heterocycles. The first-order valence-corrected chi connectivity index (χ1v) is 10.7. The highest BCUT2D eigenvalue weighted by Crippen LogP contribution is 2.62. The SMILES string of the molecule is COc1c(O)ccc2c1CC[C@@H]1[C@@H]2CC[C@]2(C)[C@@H](OS(=O)(=O)O)CC[C@@H]12. The van der Waals surface area contributed by atoms with Gasteiger partial charge in [-0.1, -0.05) is 13.0 Å². The molecule has 2 N–H and O–H groups in total. The van der Waals surface area contributed by atoms with Crippen LogP contribution < -0.4 is 4.74 Å². The highest BCUT2D eigenvalue weighted by molar-refractivity contribution is 7.80. The van der Waals surface area contributed by atoms with Gasteiger partial charge in [0.05, 0.1) is 13.2 Å². The number of aromatic hydroxyl groups is 1. The Labute approximate surface area is 154 Å². The molecule has 0 spiro atoms. The van der Waals surface area contributed by atoms with Gasteiger partial charge in [0.2, 0.25) is 0 Å². The minimum absolute atomic E-state index is 0.188. The lowest BCUT2D eigenvalue weighted by molar-refractivity contribution is -0.0123. The fourth-order valence-corrected chi connectivity index (χ4v) is 6.72. The Morgan fingerprint density at radius 2 is 1.96 bits per heavy atom. The number of rotatable bonds is 3. The van der Waals surface area contributed by atoms with Crippen LogP contribution in [0.3, 0.4) is 0 Å². The van der Waals surface area contributed by atoms with Crippen molar-refractivity contribution in [1.82, 2.24) is 0 Å². The van der Waals surface area contributed by atoms with Crippen LogP contribution >= 0.6 is 0 Å². The van der Waals surface area contributed by atoms with E-state index in [1.54, 1.807) is 13.2 Å². The van der Waals surface area contributed by atoms with Gasteiger partial charge in [0.1, 0.15) is 0 Å². The molecule has 144 valence electrons. The summed E-state index contributed by atoms with van der Waals surface area (Å²) in [5.74, 6) is 2.02. The Balaban J connectivity index is 1.66. The summed E-state index contributed by atoms with van der Waals surface area (Å²) in [4.78, 5) is 0. The van der Waals surface area contributed by atoms with E-state index in [0.717, 1.165) is 37.7 Å². The van der Waals surface area contributed by atoms with E-state index in [1.165, 1.54) is 5.56 Å². The largest absolute Gasteiger partial charge is 0.504 e. The Kier molecular flexibility index (Phi) is 4.24. The summed E-state index contributed by atoms with van der Waals surface area (Å²) in [6.45, 7) is 2.11. The second-order valence-corrected chi connectivity index (χ2v) is 9.28. The summed E-state index contributed by atoms with van der Waals surface area (Å²) in [6, 6.07) is 3.74. The summed E-state index contributed by atoms with van der Waals surface area (Å²) in [6.07, 6.45) is 4.80. The molecule has 6 nitrogen and oxygen atoms in total. The molecule has 7 heteroatoms. The number of phenolic OH excluding ortho intramolecular Hbond substituents is 1. The summed E-state index contributed by atoms with van der Waals surface area (Å²) in [5, 5.41) is 10.1. The molecule has 3 aliphatic carbocycles. The Bertz CT molecular complexity index is 820. The van der Waals surface area contributed by atoms with E-state index in [1.807, 2.05) is 6.07 Å². The zero-order chi connectivity index (χ0) is 18.7. The number of methoxy groups -OCH3 is 1. The topological polar surface area (TPSA) is 93.1 Å². The maximum absolute atomic E-state index is 11.2. The average Bonchev–Trinajstić information content (AvgIpc) is 2.89. The van der Waals surface area contributed by atoms with Gasteiger partial charge in [0.25, 0.3) is 0 Å². The molecule has 0 unspecified atom stereocenters. The zero-order valence-electron chi connectivity index (χ0n) is 15.1. The van der Waals surface area contributed by atoms with Crippen LogP contribution in [0.15, 0.2) is 12.1 Å². The van der Waals surface area contributed by atoms with Crippen LogP contribution in [0.2, 0.25) is 0 Å². The van der Waals surface area contributed by atoms with Crippen LogP contribution in [0.4, 0.5) is 0 Å². The van der Waals surface area contributed by atoms with Crippen molar-refractivity contribution in [2.45, 2.75) is 57.5 Å². The Morgan fingerprint density at radius 1 is 1.19 bits per heavy atom. The first-order chi connectivity index (χ1) is 12.2. The molecule has 0 radical (unpaired) electrons. The minimum Gasteiger partial charge on any atom is -0.504 e. The van der Waals surface area contributed by atoms with E-state index in [2.05, 4.69) is 6.92 Å². The van der Waals surface area contributed by atoms with Gasteiger partial charge in [-0.3, -0.25) is 4.55 Å². The number of benzene rings is 1. The maximum Gasteiger partial charge on any atom is 0.397 e. The van der Waals surface area contributed by atoms with Gasteiger partial charge in [-0.15, -0.1) is 0 Å². The van der Waals surface area contributed by atoms with E-state index < -0.39 is 16.5 Å². The van der Waals surface area contributed by atoms with Crippen LogP contribution in [0.5, 0.6) is 11.5 Å². The molecule has 3 aliphatic rings. The van der Waals surface area contributed by atoms with Gasteiger partial charge in [0.15, 0.2) is 11.5 Å². The van der Waals surface area contributed by atoms with Crippen molar-refractivity contribution in [2.24, 2.45) is 17.3 Å². The number of fused-ring (bicyclic) bond motifs is 5. The van der Waals surface area contributed by atoms with Crippen LogP contribution in [0.25, 0.3) is 0 Å². The molecule has 1 aromatic rings. The molecular weight excluding hydrogens is 356 g/mol. The van der Waals surface area contributed by atoms with Crippen molar-refractivity contribution in [3.8, 4) is 11.5 Å². The normalized spacial score (nSPS) is 36.1. The van der Waals surface area contributed by atoms with Crippen molar-refractivity contribution in [3.63, 3.8) is 0 Å². The first kappa shape index (κ1) is 18.1. The zero-order valence-corrected chi connectivity index (χ0v) is 16.0. The summed E-state index contributed by atoms with van der Waals surface area (Å²) >= 11 is 0. The summed E-state index contributed by atoms with van der Waals surface area (Å²) in [7, 11) is -2.84. The molecule has 5 atom stereocenters. The lowest BCUT2D eigenvalue weighted by Gasteiger charge is -2.50. The van der Waals surface area contributed by atoms with Crippen molar-refractivity contribution in [2.75, 3.05) is 7.11 Å². The van der Waals surface area contributed by atoms with Gasteiger partial charge in [-0.25, -0.2) is 4.18 Å². The Hall–Kier alpha value is -1.31. The molecular formula is C19H26O6S. The smallest absolute Gasteiger partial charge is 0.397 e. The highest BCUT2D eigenvalue weighted by atomic mass is 32.3. The summed E-state index contributed by atoms with van der Waals surface area (Å²) in [5.41, 5.74) is 2.15. The van der Waals surface area contributed by atoms with Crippen molar-refractivity contribution in [1.29, 1.82) is 0 Å². The van der Waals surface area contributed by atoms with Gasteiger partial charge < -0.3 is 9.84 Å². The first-order valence-electron chi connectivity index (χ1n) is 9.29. The van der Waals surface area contributed by atoms with Crippen molar-refractivity contribution < 1.29 is 27.0 Å². The van der Waals surface area contributed by atoms with E-state index in [4.69, 9.17) is 13.5 Å². The van der Waals surface area contributed by atoms with E-state index in [9.17, 15) is 13.5 Å². The van der Waals surface area contributed by atoms with Gasteiger partial charge in [-0.05, 0) is 73.3 Å². The molecule has 26 heavy (non-hydrogen) atoms. The lowest BCUT2D eigenvalue weighted by Crippen LogP contribution is -2.45. The average molecular weight is 382 g/mol. The molecule has 4 rings (SSSR count). The van der Waals surface area contributed by atoms with Crippen molar-refractivity contribution >= 4 is 10.4 Å². The predicted molar refractivity (Wildman–Crippen MR) is 95.7 cm³/mol. The standard InChI is InChI=1S/C19H26O6S/c1-19-10-9-12-11-5-7-16(20)18(24-2)14(11)4-3-13(12)15(19)6-8-17(19)25-26(21,22)23/h5,7,12-13,15,17,20H,3-4,6,8-10H2,1-2H3,(H,21,22,23)/t12-,13-,15+,17+,19+/m1/s1. The number of phenols is 1. The number of hydrogen-bond acceptors (Lipinski definition) is 5. The monoisotopic (exact) mass is 382 g/mol. The molecule has 1 aromatic carbocycles. The third-order valence-corrected chi connectivity index (χ3v) is 7.67. The molecule has 0 heterocycles. The van der Waals surface area contributed by atoms with Gasteiger partial charge >= 0.3 is 10.4 Å². The van der Waals surface area contributed by atoms with Crippen LogP contribution in [0.1, 0.15) is 56.1 Å². The third kappa shape index (κ3) is 2.72. The van der Waals surface area contributed by atoms with E-state index in [0.29, 0.717) is 29.9 Å². The van der Waals surface area contributed by atoms with E-state index in [-0.39, 0.29) is 11.2 Å². The second kappa shape index (κ2) is 6.11. The number of ether oxygens (including phenoxy) is 1. The summed E-state index contributed by atoms with van der Waals surface area (Å²) < 4.78 is 42.1. The highest BCUT2D eigenvalue weighted by Gasteiger charge is 2.56. The minimum atomic E-state index is -4.43. The maximum atomic E-state index is 11.2. The molecule has 0 amide bonds.